The number of likely N-dealkylation sites (N-methyl/N-ethyl adjacent to an activating group) is 1. The fourth-order valence-electron chi connectivity index (χ4n) is 3.63. The van der Waals surface area contributed by atoms with E-state index in [-0.39, 0.29) is 24.8 Å². The molecule has 0 atom stereocenters. The van der Waals surface area contributed by atoms with Gasteiger partial charge in [0.1, 0.15) is 5.82 Å². The van der Waals surface area contributed by atoms with Crippen LogP contribution in [-0.2, 0) is 4.79 Å². The second kappa shape index (κ2) is 8.60. The van der Waals surface area contributed by atoms with Crippen LogP contribution in [0.25, 0.3) is 11.0 Å². The summed E-state index contributed by atoms with van der Waals surface area (Å²) in [5, 5.41) is 14.0. The van der Waals surface area contributed by atoms with Crippen molar-refractivity contribution in [1.82, 2.24) is 15.0 Å². The summed E-state index contributed by atoms with van der Waals surface area (Å²) < 4.78 is 18.6. The van der Waals surface area contributed by atoms with Crippen LogP contribution in [0.3, 0.4) is 0 Å². The van der Waals surface area contributed by atoms with Gasteiger partial charge in [-0.2, -0.15) is 0 Å². The molecule has 1 aliphatic rings. The number of hydrogen-bond acceptors (Lipinski definition) is 5. The highest BCUT2D eigenvalue weighted by Crippen LogP contribution is 2.32. The van der Waals surface area contributed by atoms with Gasteiger partial charge in [-0.3, -0.25) is 4.79 Å². The first-order valence-corrected chi connectivity index (χ1v) is 9.28. The van der Waals surface area contributed by atoms with Crippen LogP contribution >= 0.6 is 0 Å². The van der Waals surface area contributed by atoms with Gasteiger partial charge < -0.3 is 19.4 Å². The molecule has 2 aromatic rings. The predicted molar refractivity (Wildman–Crippen MR) is 96.3 cm³/mol. The number of carbonyl (C=O) groups is 1. The Balaban J connectivity index is 1.53. The molecule has 0 unspecified atom stereocenters. The lowest BCUT2D eigenvalue weighted by Gasteiger charge is -2.32. The number of piperidine rings is 1. The predicted octanol–water partition coefficient (Wildman–Crippen LogP) is 2.38. The molecular formula is C19H26FN3O3. The molecule has 1 fully saturated rings. The molecule has 1 saturated heterocycles. The first-order valence-electron chi connectivity index (χ1n) is 9.28. The monoisotopic (exact) mass is 363 g/mol. The second-order valence-corrected chi connectivity index (χ2v) is 6.77. The van der Waals surface area contributed by atoms with Gasteiger partial charge in [-0.25, -0.2) is 4.39 Å². The Bertz CT molecular complexity index is 741. The quantitative estimate of drug-likeness (QED) is 0.818. The van der Waals surface area contributed by atoms with Crippen LogP contribution in [0.5, 0.6) is 0 Å². The summed E-state index contributed by atoms with van der Waals surface area (Å²) in [6.45, 7) is 5.92. The van der Waals surface area contributed by atoms with Crippen molar-refractivity contribution in [2.24, 2.45) is 0 Å². The van der Waals surface area contributed by atoms with Crippen molar-refractivity contribution < 1.29 is 18.8 Å². The van der Waals surface area contributed by atoms with Gasteiger partial charge in [0, 0.05) is 43.4 Å². The number of halogens is 1. The molecule has 0 saturated carbocycles. The molecule has 26 heavy (non-hydrogen) atoms. The van der Waals surface area contributed by atoms with Crippen molar-refractivity contribution in [3.8, 4) is 0 Å². The second-order valence-electron chi connectivity index (χ2n) is 6.77. The SMILES string of the molecule is CCN(CCN1CCC(c2noc3cc(F)ccc23)CC1)C(=O)CCO. The van der Waals surface area contributed by atoms with E-state index in [0.29, 0.717) is 24.6 Å². The maximum absolute atomic E-state index is 13.3. The van der Waals surface area contributed by atoms with Gasteiger partial charge in [0.15, 0.2) is 5.58 Å². The van der Waals surface area contributed by atoms with Gasteiger partial charge in [0.05, 0.1) is 12.3 Å². The summed E-state index contributed by atoms with van der Waals surface area (Å²) in [4.78, 5) is 16.1. The highest BCUT2D eigenvalue weighted by molar-refractivity contribution is 5.80. The molecule has 1 aromatic heterocycles. The third-order valence-corrected chi connectivity index (χ3v) is 5.18. The Morgan fingerprint density at radius 3 is 2.88 bits per heavy atom. The minimum absolute atomic E-state index is 0.00573. The topological polar surface area (TPSA) is 69.8 Å². The van der Waals surface area contributed by atoms with E-state index in [0.717, 1.165) is 43.6 Å². The van der Waals surface area contributed by atoms with Crippen molar-refractivity contribution in [1.29, 1.82) is 0 Å². The van der Waals surface area contributed by atoms with Gasteiger partial charge in [-0.15, -0.1) is 0 Å². The number of rotatable bonds is 7. The van der Waals surface area contributed by atoms with Crippen LogP contribution in [0.2, 0.25) is 0 Å². The zero-order valence-electron chi connectivity index (χ0n) is 15.2. The summed E-state index contributed by atoms with van der Waals surface area (Å²) in [7, 11) is 0. The molecule has 6 nitrogen and oxygen atoms in total. The molecule has 0 aliphatic carbocycles. The Kier molecular flexibility index (Phi) is 6.21. The third kappa shape index (κ3) is 4.22. The number of aromatic nitrogens is 1. The lowest BCUT2D eigenvalue weighted by molar-refractivity contribution is -0.131. The molecule has 1 aromatic carbocycles. The summed E-state index contributed by atoms with van der Waals surface area (Å²) >= 11 is 0. The molecule has 2 heterocycles. The van der Waals surface area contributed by atoms with E-state index in [2.05, 4.69) is 10.1 Å². The van der Waals surface area contributed by atoms with Gasteiger partial charge in [0.2, 0.25) is 5.91 Å². The van der Waals surface area contributed by atoms with E-state index in [1.165, 1.54) is 12.1 Å². The van der Waals surface area contributed by atoms with Crippen molar-refractivity contribution in [3.63, 3.8) is 0 Å². The van der Waals surface area contributed by atoms with E-state index in [1.54, 1.807) is 11.0 Å². The fraction of sp³-hybridized carbons (Fsp3) is 0.579. The van der Waals surface area contributed by atoms with E-state index in [1.807, 2.05) is 6.92 Å². The number of likely N-dealkylation sites (tertiary alicyclic amines) is 1. The molecule has 1 aliphatic heterocycles. The normalized spacial score (nSPS) is 16.3. The Labute approximate surface area is 152 Å². The smallest absolute Gasteiger partial charge is 0.224 e. The molecule has 1 N–H and O–H groups in total. The highest BCUT2D eigenvalue weighted by atomic mass is 19.1. The molecule has 1 amide bonds. The highest BCUT2D eigenvalue weighted by Gasteiger charge is 2.25. The number of aliphatic hydroxyl groups is 1. The van der Waals surface area contributed by atoms with Crippen molar-refractivity contribution in [2.45, 2.75) is 32.1 Å². The lowest BCUT2D eigenvalue weighted by Crippen LogP contribution is -2.41. The minimum atomic E-state index is -0.314. The standard InChI is InChI=1S/C19H26FN3O3/c1-2-23(18(25)7-12-24)11-10-22-8-5-14(6-9-22)19-16-4-3-15(20)13-17(16)26-21-19/h3-4,13-14,24H,2,5-12H2,1H3. The van der Waals surface area contributed by atoms with Crippen molar-refractivity contribution in [2.75, 3.05) is 39.3 Å². The van der Waals surface area contributed by atoms with Crippen molar-refractivity contribution in [3.05, 3.63) is 29.7 Å². The molecule has 0 spiro atoms. The number of benzene rings is 1. The van der Waals surface area contributed by atoms with Crippen LogP contribution < -0.4 is 0 Å². The zero-order chi connectivity index (χ0) is 18.5. The lowest BCUT2D eigenvalue weighted by atomic mass is 9.91. The van der Waals surface area contributed by atoms with Gasteiger partial charge >= 0.3 is 0 Å². The number of carbonyl (C=O) groups excluding carboxylic acids is 1. The number of fused-ring (bicyclic) bond motifs is 1. The van der Waals surface area contributed by atoms with E-state index in [4.69, 9.17) is 9.63 Å². The molecule has 142 valence electrons. The summed E-state index contributed by atoms with van der Waals surface area (Å²) in [6.07, 6.45) is 2.13. The minimum Gasteiger partial charge on any atom is -0.396 e. The molecule has 3 rings (SSSR count). The maximum Gasteiger partial charge on any atom is 0.224 e. The number of amides is 1. The average molecular weight is 363 g/mol. The Morgan fingerprint density at radius 1 is 1.42 bits per heavy atom. The first-order chi connectivity index (χ1) is 12.6. The van der Waals surface area contributed by atoms with Gasteiger partial charge in [-0.1, -0.05) is 5.16 Å². The van der Waals surface area contributed by atoms with Gasteiger partial charge in [-0.05, 0) is 45.0 Å². The number of nitrogens with zero attached hydrogens (tertiary/aromatic N) is 3. The molecule has 0 bridgehead atoms. The Hall–Kier alpha value is -1.99. The largest absolute Gasteiger partial charge is 0.396 e. The van der Waals surface area contributed by atoms with E-state index in [9.17, 15) is 9.18 Å². The molecular weight excluding hydrogens is 337 g/mol. The third-order valence-electron chi connectivity index (χ3n) is 5.18. The van der Waals surface area contributed by atoms with Crippen molar-refractivity contribution >= 4 is 16.9 Å². The average Bonchev–Trinajstić information content (AvgIpc) is 3.06. The van der Waals surface area contributed by atoms with Crippen LogP contribution in [-0.4, -0.2) is 65.3 Å². The maximum atomic E-state index is 13.3. The van der Waals surface area contributed by atoms with Crippen LogP contribution in [0.4, 0.5) is 4.39 Å². The molecule has 7 heteroatoms. The van der Waals surface area contributed by atoms with E-state index < -0.39 is 0 Å². The fourth-order valence-corrected chi connectivity index (χ4v) is 3.63. The number of aliphatic hydroxyl groups excluding tert-OH is 1. The molecule has 0 radical (unpaired) electrons. The summed E-state index contributed by atoms with van der Waals surface area (Å²) in [5.41, 5.74) is 1.43. The number of hydrogen-bond donors (Lipinski definition) is 1. The van der Waals surface area contributed by atoms with Gasteiger partial charge in [0.25, 0.3) is 0 Å². The van der Waals surface area contributed by atoms with Crippen LogP contribution in [0, 0.1) is 5.82 Å². The Morgan fingerprint density at radius 2 is 2.19 bits per heavy atom. The van der Waals surface area contributed by atoms with E-state index >= 15 is 0 Å². The zero-order valence-corrected chi connectivity index (χ0v) is 15.2. The first kappa shape index (κ1) is 18.8. The summed E-state index contributed by atoms with van der Waals surface area (Å²) in [6, 6.07) is 4.57. The summed E-state index contributed by atoms with van der Waals surface area (Å²) in [5.74, 6) is 0.00804. The van der Waals surface area contributed by atoms with Crippen LogP contribution in [0.15, 0.2) is 22.7 Å². The van der Waals surface area contributed by atoms with Crippen LogP contribution in [0.1, 0.15) is 37.8 Å².